The van der Waals surface area contributed by atoms with Gasteiger partial charge in [0.2, 0.25) is 0 Å². The molecule has 0 aromatic heterocycles. The summed E-state index contributed by atoms with van der Waals surface area (Å²) in [5.41, 5.74) is 5.15. The van der Waals surface area contributed by atoms with Crippen LogP contribution in [0.1, 0.15) is 12.5 Å². The van der Waals surface area contributed by atoms with E-state index in [-0.39, 0.29) is 17.8 Å². The maximum atomic E-state index is 13.3. The molecule has 5 N–H and O–H groups in total. The van der Waals surface area contributed by atoms with E-state index < -0.39 is 21.9 Å². The van der Waals surface area contributed by atoms with E-state index in [1.165, 1.54) is 6.07 Å². The Labute approximate surface area is 104 Å². The summed E-state index contributed by atoms with van der Waals surface area (Å²) in [6, 6.07) is 3.36. The Balaban J connectivity index is 3.07. The number of rotatable bonds is 5. The minimum atomic E-state index is -3.71. The Morgan fingerprint density at radius 2 is 2.22 bits per heavy atom. The minimum Gasteiger partial charge on any atom is -0.409 e. The maximum absolute atomic E-state index is 13.3. The van der Waals surface area contributed by atoms with Crippen LogP contribution in [0.25, 0.3) is 0 Å². The van der Waals surface area contributed by atoms with Gasteiger partial charge >= 0.3 is 0 Å². The highest BCUT2D eigenvalue weighted by atomic mass is 32.2. The number of hydrogen-bond donors (Lipinski definition) is 4. The molecule has 0 saturated heterocycles. The highest BCUT2D eigenvalue weighted by Gasteiger charge is 2.12. The first-order valence-electron chi connectivity index (χ1n) is 4.94. The zero-order valence-electron chi connectivity index (χ0n) is 9.51. The Kier molecular flexibility index (Phi) is 4.45. The smallest absolute Gasteiger partial charge is 0.299 e. The standard InChI is InChI=1S/C9H13FN4O3S/c1-2-12-18(16,17)14-6-3-4-8(10)7(5-6)9(11)13-15/h3-5,12,14-15H,2H2,1H3,(H2,11,13). The van der Waals surface area contributed by atoms with Gasteiger partial charge in [-0.3, -0.25) is 4.72 Å². The minimum absolute atomic E-state index is 0.0963. The molecule has 1 aromatic carbocycles. The van der Waals surface area contributed by atoms with Crippen molar-refractivity contribution in [1.82, 2.24) is 4.72 Å². The lowest BCUT2D eigenvalue weighted by molar-refractivity contribution is 0.318. The Morgan fingerprint density at radius 3 is 2.78 bits per heavy atom. The van der Waals surface area contributed by atoms with E-state index in [1.54, 1.807) is 6.92 Å². The zero-order chi connectivity index (χ0) is 13.8. The van der Waals surface area contributed by atoms with E-state index in [1.807, 2.05) is 0 Å². The van der Waals surface area contributed by atoms with Crippen molar-refractivity contribution in [2.75, 3.05) is 11.3 Å². The maximum Gasteiger partial charge on any atom is 0.299 e. The van der Waals surface area contributed by atoms with Crippen molar-refractivity contribution in [3.63, 3.8) is 0 Å². The molecule has 0 aliphatic heterocycles. The number of hydrogen-bond acceptors (Lipinski definition) is 4. The van der Waals surface area contributed by atoms with Crippen molar-refractivity contribution in [2.24, 2.45) is 10.9 Å². The second kappa shape index (κ2) is 5.65. The average molecular weight is 276 g/mol. The lowest BCUT2D eigenvalue weighted by Gasteiger charge is -2.09. The molecule has 0 spiro atoms. The zero-order valence-corrected chi connectivity index (χ0v) is 10.3. The van der Waals surface area contributed by atoms with Gasteiger partial charge in [0.15, 0.2) is 5.84 Å². The van der Waals surface area contributed by atoms with Gasteiger partial charge in [0, 0.05) is 6.54 Å². The van der Waals surface area contributed by atoms with E-state index in [9.17, 15) is 12.8 Å². The predicted molar refractivity (Wildman–Crippen MR) is 65.1 cm³/mol. The van der Waals surface area contributed by atoms with Gasteiger partial charge in [-0.1, -0.05) is 12.1 Å². The molecule has 0 saturated carbocycles. The van der Waals surface area contributed by atoms with Crippen LogP contribution in [0.5, 0.6) is 0 Å². The van der Waals surface area contributed by atoms with Gasteiger partial charge in [-0.05, 0) is 18.2 Å². The quantitative estimate of drug-likeness (QED) is 0.266. The van der Waals surface area contributed by atoms with Crippen molar-refractivity contribution < 1.29 is 18.0 Å². The Hall–Kier alpha value is -1.87. The van der Waals surface area contributed by atoms with E-state index in [2.05, 4.69) is 14.6 Å². The fourth-order valence-electron chi connectivity index (χ4n) is 1.22. The van der Waals surface area contributed by atoms with Gasteiger partial charge in [0.05, 0.1) is 11.3 Å². The number of nitrogens with two attached hydrogens (primary N) is 1. The van der Waals surface area contributed by atoms with E-state index in [0.717, 1.165) is 12.1 Å². The lowest BCUT2D eigenvalue weighted by Crippen LogP contribution is -2.30. The number of benzene rings is 1. The summed E-state index contributed by atoms with van der Waals surface area (Å²) in [4.78, 5) is 0. The molecule has 0 heterocycles. The van der Waals surface area contributed by atoms with Crippen LogP contribution in [0.15, 0.2) is 23.4 Å². The lowest BCUT2D eigenvalue weighted by atomic mass is 10.2. The highest BCUT2D eigenvalue weighted by molar-refractivity contribution is 7.90. The molecule has 0 radical (unpaired) electrons. The molecule has 0 amide bonds. The predicted octanol–water partition coefficient (Wildman–Crippen LogP) is 0.186. The van der Waals surface area contributed by atoms with Crippen LogP contribution in [-0.2, 0) is 10.2 Å². The van der Waals surface area contributed by atoms with Crippen molar-refractivity contribution in [3.8, 4) is 0 Å². The fourth-order valence-corrected chi connectivity index (χ4v) is 2.11. The molecule has 7 nitrogen and oxygen atoms in total. The molecule has 0 unspecified atom stereocenters. The molecule has 0 aliphatic rings. The largest absolute Gasteiger partial charge is 0.409 e. The van der Waals surface area contributed by atoms with Crippen molar-refractivity contribution in [1.29, 1.82) is 0 Å². The first kappa shape index (κ1) is 14.2. The number of nitrogens with one attached hydrogen (secondary N) is 2. The van der Waals surface area contributed by atoms with Crippen LogP contribution in [0, 0.1) is 5.82 Å². The third-order valence-corrected chi connectivity index (χ3v) is 3.11. The van der Waals surface area contributed by atoms with Crippen LogP contribution in [0.4, 0.5) is 10.1 Å². The van der Waals surface area contributed by atoms with Crippen molar-refractivity contribution in [3.05, 3.63) is 29.6 Å². The van der Waals surface area contributed by atoms with Gasteiger partial charge in [0.1, 0.15) is 5.82 Å². The molecule has 100 valence electrons. The summed E-state index contributed by atoms with van der Waals surface area (Å²) in [5.74, 6) is -1.17. The third-order valence-electron chi connectivity index (χ3n) is 1.94. The Bertz CT molecular complexity index is 559. The molecule has 0 bridgehead atoms. The van der Waals surface area contributed by atoms with E-state index in [0.29, 0.717) is 0 Å². The second-order valence-corrected chi connectivity index (χ2v) is 4.78. The van der Waals surface area contributed by atoms with Crippen LogP contribution in [0.3, 0.4) is 0 Å². The topological polar surface area (TPSA) is 117 Å². The van der Waals surface area contributed by atoms with Gasteiger partial charge in [0.25, 0.3) is 10.2 Å². The van der Waals surface area contributed by atoms with Gasteiger partial charge in [-0.2, -0.15) is 13.1 Å². The van der Waals surface area contributed by atoms with Gasteiger partial charge in [-0.15, -0.1) is 0 Å². The van der Waals surface area contributed by atoms with Crippen molar-refractivity contribution in [2.45, 2.75) is 6.92 Å². The monoisotopic (exact) mass is 276 g/mol. The molecule has 0 aliphatic carbocycles. The molecule has 9 heteroatoms. The highest BCUT2D eigenvalue weighted by Crippen LogP contribution is 2.15. The molecule has 18 heavy (non-hydrogen) atoms. The average Bonchev–Trinajstić information content (AvgIpc) is 2.30. The summed E-state index contributed by atoms with van der Waals surface area (Å²) in [7, 11) is -3.71. The van der Waals surface area contributed by atoms with Crippen LogP contribution in [0.2, 0.25) is 0 Å². The van der Waals surface area contributed by atoms with Crippen LogP contribution < -0.4 is 15.2 Å². The first-order chi connectivity index (χ1) is 8.39. The second-order valence-electron chi connectivity index (χ2n) is 3.28. The molecule has 0 atom stereocenters. The summed E-state index contributed by atoms with van der Waals surface area (Å²) in [5, 5.41) is 11.1. The first-order valence-corrected chi connectivity index (χ1v) is 6.42. The third kappa shape index (κ3) is 3.57. The number of amidine groups is 1. The van der Waals surface area contributed by atoms with Gasteiger partial charge < -0.3 is 10.9 Å². The molecule has 0 fully saturated rings. The SMILES string of the molecule is CCNS(=O)(=O)Nc1ccc(F)c(/C(N)=N/O)c1. The van der Waals surface area contributed by atoms with Crippen LogP contribution in [-0.4, -0.2) is 26.0 Å². The molecular formula is C9H13FN4O3S. The number of anilines is 1. The molecule has 1 rings (SSSR count). The summed E-state index contributed by atoms with van der Waals surface area (Å²) in [6.07, 6.45) is 0. The number of oxime groups is 1. The van der Waals surface area contributed by atoms with Crippen molar-refractivity contribution >= 4 is 21.7 Å². The number of halogens is 1. The molecule has 1 aromatic rings. The van der Waals surface area contributed by atoms with Gasteiger partial charge in [-0.25, -0.2) is 4.39 Å². The summed E-state index contributed by atoms with van der Waals surface area (Å²) < 4.78 is 40.5. The number of nitrogens with zero attached hydrogens (tertiary/aromatic N) is 1. The van der Waals surface area contributed by atoms with E-state index in [4.69, 9.17) is 10.9 Å². The van der Waals surface area contributed by atoms with Crippen LogP contribution >= 0.6 is 0 Å². The fraction of sp³-hybridized carbons (Fsp3) is 0.222. The molecular weight excluding hydrogens is 263 g/mol. The van der Waals surface area contributed by atoms with E-state index >= 15 is 0 Å². The summed E-state index contributed by atoms with van der Waals surface area (Å²) >= 11 is 0. The normalized spacial score (nSPS) is 12.4. The Morgan fingerprint density at radius 1 is 1.56 bits per heavy atom. The summed E-state index contributed by atoms with van der Waals surface area (Å²) in [6.45, 7) is 1.83.